The fraction of sp³-hybridized carbons (Fsp3) is 0.462. The van der Waals surface area contributed by atoms with Crippen LogP contribution in [0.2, 0.25) is 0 Å². The van der Waals surface area contributed by atoms with Crippen LogP contribution in [0.25, 0.3) is 11.1 Å². The Morgan fingerprint density at radius 1 is 1.29 bits per heavy atom. The topological polar surface area (TPSA) is 47.3 Å². The summed E-state index contributed by atoms with van der Waals surface area (Å²) in [6.45, 7) is 2.87. The molecule has 0 bridgehead atoms. The van der Waals surface area contributed by atoms with Crippen molar-refractivity contribution in [1.82, 2.24) is 10.3 Å². The Labute approximate surface area is 100.0 Å². The van der Waals surface area contributed by atoms with Gasteiger partial charge in [-0.2, -0.15) is 4.98 Å². The first kappa shape index (κ1) is 10.6. The summed E-state index contributed by atoms with van der Waals surface area (Å²) in [4.78, 5) is 4.29. The van der Waals surface area contributed by atoms with Crippen molar-refractivity contribution in [3.8, 4) is 6.08 Å². The molecule has 1 aromatic heterocycles. The molecule has 1 aromatic carbocycles. The van der Waals surface area contributed by atoms with Gasteiger partial charge in [-0.05, 0) is 44.0 Å². The Morgan fingerprint density at radius 2 is 2.12 bits per heavy atom. The highest BCUT2D eigenvalue weighted by molar-refractivity contribution is 5.72. The fourth-order valence-electron chi connectivity index (χ4n) is 2.15. The Hall–Kier alpha value is -1.55. The van der Waals surface area contributed by atoms with Crippen LogP contribution in [0.15, 0.2) is 28.7 Å². The summed E-state index contributed by atoms with van der Waals surface area (Å²) < 4.78 is 11.1. The van der Waals surface area contributed by atoms with Gasteiger partial charge in [0.05, 0.1) is 6.61 Å². The van der Waals surface area contributed by atoms with Crippen molar-refractivity contribution in [2.45, 2.75) is 12.8 Å². The molecule has 1 saturated heterocycles. The molecule has 1 N–H and O–H groups in total. The normalized spacial score (nSPS) is 17.4. The molecule has 0 unspecified atom stereocenters. The molecule has 1 aliphatic rings. The van der Waals surface area contributed by atoms with Gasteiger partial charge in [-0.3, -0.25) is 0 Å². The van der Waals surface area contributed by atoms with E-state index in [0.29, 0.717) is 18.6 Å². The number of fused-ring (bicyclic) bond motifs is 1. The minimum atomic E-state index is 0.393. The largest absolute Gasteiger partial charge is 0.450 e. The second kappa shape index (κ2) is 4.75. The van der Waals surface area contributed by atoms with E-state index < -0.39 is 0 Å². The molecule has 2 heterocycles. The number of piperidine rings is 1. The third-order valence-corrected chi connectivity index (χ3v) is 3.18. The zero-order valence-corrected chi connectivity index (χ0v) is 9.69. The molecule has 17 heavy (non-hydrogen) atoms. The van der Waals surface area contributed by atoms with Crippen molar-refractivity contribution in [1.29, 1.82) is 0 Å². The van der Waals surface area contributed by atoms with E-state index in [-0.39, 0.29) is 0 Å². The third-order valence-electron chi connectivity index (χ3n) is 3.18. The summed E-state index contributed by atoms with van der Waals surface area (Å²) in [5.41, 5.74) is 1.64. The molecule has 0 aliphatic carbocycles. The van der Waals surface area contributed by atoms with E-state index in [1.807, 2.05) is 24.3 Å². The zero-order valence-electron chi connectivity index (χ0n) is 9.69. The summed E-state index contributed by atoms with van der Waals surface area (Å²) in [5.74, 6) is 0.617. The first-order valence-corrected chi connectivity index (χ1v) is 6.11. The number of ether oxygens (including phenoxy) is 1. The minimum absolute atomic E-state index is 0.393. The van der Waals surface area contributed by atoms with Gasteiger partial charge < -0.3 is 14.5 Å². The average molecular weight is 232 g/mol. The fourth-order valence-corrected chi connectivity index (χ4v) is 2.15. The molecular weight excluding hydrogens is 216 g/mol. The lowest BCUT2D eigenvalue weighted by molar-refractivity contribution is 0.172. The summed E-state index contributed by atoms with van der Waals surface area (Å²) in [6.07, 6.45) is 2.73. The number of nitrogens with one attached hydrogen (secondary N) is 1. The highest BCUT2D eigenvalue weighted by Crippen LogP contribution is 2.21. The second-order valence-corrected chi connectivity index (χ2v) is 4.45. The van der Waals surface area contributed by atoms with Gasteiger partial charge in [0, 0.05) is 0 Å². The van der Waals surface area contributed by atoms with E-state index in [1.165, 1.54) is 12.8 Å². The quantitative estimate of drug-likeness (QED) is 0.881. The van der Waals surface area contributed by atoms with Crippen molar-refractivity contribution in [3.63, 3.8) is 0 Å². The number of rotatable bonds is 3. The van der Waals surface area contributed by atoms with E-state index in [1.54, 1.807) is 0 Å². The molecule has 4 nitrogen and oxygen atoms in total. The van der Waals surface area contributed by atoms with Crippen molar-refractivity contribution in [2.75, 3.05) is 19.7 Å². The molecular formula is C13H16N2O2. The Balaban J connectivity index is 1.64. The molecule has 1 fully saturated rings. The highest BCUT2D eigenvalue weighted by Gasteiger charge is 2.15. The molecule has 0 radical (unpaired) electrons. The maximum Gasteiger partial charge on any atom is 0.394 e. The van der Waals surface area contributed by atoms with Crippen LogP contribution in [-0.4, -0.2) is 24.7 Å². The first-order valence-electron chi connectivity index (χ1n) is 6.11. The monoisotopic (exact) mass is 232 g/mol. The van der Waals surface area contributed by atoms with Crippen molar-refractivity contribution in [2.24, 2.45) is 5.92 Å². The molecule has 90 valence electrons. The van der Waals surface area contributed by atoms with Gasteiger partial charge in [0.25, 0.3) is 0 Å². The molecule has 0 amide bonds. The number of hydrogen-bond donors (Lipinski definition) is 1. The van der Waals surface area contributed by atoms with Gasteiger partial charge in [0.2, 0.25) is 0 Å². The number of oxazole rings is 1. The predicted molar refractivity (Wildman–Crippen MR) is 65.1 cm³/mol. The van der Waals surface area contributed by atoms with E-state index in [2.05, 4.69) is 10.3 Å². The van der Waals surface area contributed by atoms with Crippen molar-refractivity contribution >= 4 is 11.1 Å². The second-order valence-electron chi connectivity index (χ2n) is 4.45. The minimum Gasteiger partial charge on any atom is -0.450 e. The number of para-hydroxylation sites is 2. The van der Waals surface area contributed by atoms with Gasteiger partial charge in [0.1, 0.15) is 5.52 Å². The lowest BCUT2D eigenvalue weighted by atomic mass is 9.99. The highest BCUT2D eigenvalue weighted by atomic mass is 16.6. The smallest absolute Gasteiger partial charge is 0.394 e. The summed E-state index contributed by atoms with van der Waals surface area (Å²) in [5, 5.41) is 3.34. The SMILES string of the molecule is c1ccc2oc(OCC3CCNCC3)nc2c1. The maximum absolute atomic E-state index is 5.62. The van der Waals surface area contributed by atoms with Crippen LogP contribution in [0.1, 0.15) is 12.8 Å². The number of aromatic nitrogens is 1. The van der Waals surface area contributed by atoms with Crippen LogP contribution in [-0.2, 0) is 0 Å². The molecule has 4 heteroatoms. The maximum atomic E-state index is 5.62. The third kappa shape index (κ3) is 2.42. The van der Waals surface area contributed by atoms with Crippen LogP contribution >= 0.6 is 0 Å². The molecule has 1 aliphatic heterocycles. The van der Waals surface area contributed by atoms with E-state index >= 15 is 0 Å². The van der Waals surface area contributed by atoms with E-state index in [9.17, 15) is 0 Å². The number of benzene rings is 1. The lowest BCUT2D eigenvalue weighted by Crippen LogP contribution is -2.30. The first-order chi connectivity index (χ1) is 8.42. The van der Waals surface area contributed by atoms with Gasteiger partial charge >= 0.3 is 6.08 Å². The van der Waals surface area contributed by atoms with Crippen LogP contribution in [0.4, 0.5) is 0 Å². The Kier molecular flexibility index (Phi) is 2.96. The van der Waals surface area contributed by atoms with Crippen molar-refractivity contribution in [3.05, 3.63) is 24.3 Å². The molecule has 0 atom stereocenters. The summed E-state index contributed by atoms with van der Waals surface area (Å²) >= 11 is 0. The van der Waals surface area contributed by atoms with Crippen LogP contribution < -0.4 is 10.1 Å². The predicted octanol–water partition coefficient (Wildman–Crippen LogP) is 2.21. The summed E-state index contributed by atoms with van der Waals surface area (Å²) in [7, 11) is 0. The molecule has 3 rings (SSSR count). The molecule has 2 aromatic rings. The van der Waals surface area contributed by atoms with Gasteiger partial charge in [-0.1, -0.05) is 12.1 Å². The van der Waals surface area contributed by atoms with Crippen LogP contribution in [0, 0.1) is 5.92 Å². The van der Waals surface area contributed by atoms with E-state index in [4.69, 9.17) is 9.15 Å². The van der Waals surface area contributed by atoms with E-state index in [0.717, 1.165) is 24.2 Å². The van der Waals surface area contributed by atoms with Gasteiger partial charge in [-0.25, -0.2) is 0 Å². The Bertz CT molecular complexity index is 456. The van der Waals surface area contributed by atoms with Crippen LogP contribution in [0.3, 0.4) is 0 Å². The van der Waals surface area contributed by atoms with Gasteiger partial charge in [0.15, 0.2) is 5.58 Å². The van der Waals surface area contributed by atoms with Crippen LogP contribution in [0.5, 0.6) is 6.08 Å². The average Bonchev–Trinajstić information content (AvgIpc) is 2.80. The lowest BCUT2D eigenvalue weighted by Gasteiger charge is -2.21. The zero-order chi connectivity index (χ0) is 11.5. The number of nitrogens with zero attached hydrogens (tertiary/aromatic N) is 1. The standard InChI is InChI=1S/C13H16N2O2/c1-2-4-12-11(3-1)15-13(17-12)16-9-10-5-7-14-8-6-10/h1-4,10,14H,5-9H2. The van der Waals surface area contributed by atoms with Crippen molar-refractivity contribution < 1.29 is 9.15 Å². The summed E-state index contributed by atoms with van der Waals surface area (Å²) in [6, 6.07) is 7.71. The number of hydrogen-bond acceptors (Lipinski definition) is 4. The Morgan fingerprint density at radius 3 is 2.94 bits per heavy atom. The molecule has 0 spiro atoms. The van der Waals surface area contributed by atoms with Gasteiger partial charge in [-0.15, -0.1) is 0 Å². The molecule has 0 saturated carbocycles.